The van der Waals surface area contributed by atoms with Crippen molar-refractivity contribution >= 4 is 23.2 Å². The van der Waals surface area contributed by atoms with Gasteiger partial charge < -0.3 is 22.1 Å². The van der Waals surface area contributed by atoms with Gasteiger partial charge in [0.05, 0.1) is 17.4 Å². The zero-order valence-corrected chi connectivity index (χ0v) is 17.4. The highest BCUT2D eigenvalue weighted by molar-refractivity contribution is 5.98. The molecule has 3 aromatic rings. The molecule has 2 heterocycles. The lowest BCUT2D eigenvalue weighted by atomic mass is 10.1. The number of halogens is 1. The van der Waals surface area contributed by atoms with E-state index in [2.05, 4.69) is 27.5 Å². The van der Waals surface area contributed by atoms with Gasteiger partial charge in [0, 0.05) is 24.3 Å². The summed E-state index contributed by atoms with van der Waals surface area (Å²) in [6, 6.07) is 12.6. The highest BCUT2D eigenvalue weighted by Crippen LogP contribution is 2.27. The van der Waals surface area contributed by atoms with Crippen LogP contribution in [-0.2, 0) is 0 Å². The van der Waals surface area contributed by atoms with E-state index < -0.39 is 11.7 Å². The Morgan fingerprint density at radius 3 is 2.58 bits per heavy atom. The van der Waals surface area contributed by atoms with Gasteiger partial charge in [0.15, 0.2) is 11.6 Å². The number of carbonyl (C=O) groups is 1. The summed E-state index contributed by atoms with van der Waals surface area (Å²) >= 11 is 0. The molecule has 7 nitrogen and oxygen atoms in total. The van der Waals surface area contributed by atoms with Crippen molar-refractivity contribution in [2.24, 2.45) is 11.5 Å². The van der Waals surface area contributed by atoms with Gasteiger partial charge in [0.2, 0.25) is 0 Å². The second-order valence-electron chi connectivity index (χ2n) is 7.25. The van der Waals surface area contributed by atoms with E-state index in [-0.39, 0.29) is 23.2 Å². The molecule has 0 radical (unpaired) electrons. The van der Waals surface area contributed by atoms with Crippen molar-refractivity contribution in [3.05, 3.63) is 66.2 Å². The van der Waals surface area contributed by atoms with Crippen LogP contribution < -0.4 is 22.1 Å². The van der Waals surface area contributed by atoms with Gasteiger partial charge in [0.1, 0.15) is 5.82 Å². The fraction of sp³-hybridized carbons (Fsp3) is 0.261. The average molecular weight is 423 g/mol. The highest BCUT2D eigenvalue weighted by Gasteiger charge is 2.18. The standard InChI is InChI=1S/C23H27FN6O/c1-2-3-9-17(12-25)28-23-20(24)11-19(21(26)31)22(30-23)29-18-10-16(13-27-14-18)15-7-5-4-6-8-15/h4-8,10-11,13-14,17H,2-3,9,12,25H2,1H3,(H2,26,31)(H2,28,29,30). The molecule has 0 fully saturated rings. The monoisotopic (exact) mass is 422 g/mol. The molecule has 3 rings (SSSR count). The fourth-order valence-electron chi connectivity index (χ4n) is 3.20. The first-order valence-corrected chi connectivity index (χ1v) is 10.3. The molecule has 31 heavy (non-hydrogen) atoms. The SMILES string of the molecule is CCCCC(CN)Nc1nc(Nc2cncc(-c3ccccc3)c2)c(C(N)=O)cc1F. The average Bonchev–Trinajstić information content (AvgIpc) is 2.79. The lowest BCUT2D eigenvalue weighted by molar-refractivity contribution is 0.100. The maximum atomic E-state index is 14.6. The zero-order valence-electron chi connectivity index (χ0n) is 17.4. The van der Waals surface area contributed by atoms with Gasteiger partial charge in [-0.25, -0.2) is 9.37 Å². The number of nitrogens with zero attached hydrogens (tertiary/aromatic N) is 2. The van der Waals surface area contributed by atoms with E-state index in [1.165, 1.54) is 0 Å². The smallest absolute Gasteiger partial charge is 0.252 e. The van der Waals surface area contributed by atoms with Crippen LogP contribution in [0.15, 0.2) is 54.9 Å². The van der Waals surface area contributed by atoms with Crippen molar-refractivity contribution in [3.63, 3.8) is 0 Å². The number of primary amides is 1. The first kappa shape index (κ1) is 22.2. The van der Waals surface area contributed by atoms with Gasteiger partial charge in [-0.3, -0.25) is 9.78 Å². The number of nitrogens with two attached hydrogens (primary N) is 2. The van der Waals surface area contributed by atoms with Crippen molar-refractivity contribution < 1.29 is 9.18 Å². The Morgan fingerprint density at radius 1 is 1.13 bits per heavy atom. The van der Waals surface area contributed by atoms with E-state index in [1.807, 2.05) is 36.4 Å². The van der Waals surface area contributed by atoms with E-state index in [0.717, 1.165) is 36.5 Å². The first-order valence-electron chi connectivity index (χ1n) is 10.3. The Labute approximate surface area is 181 Å². The Hall–Kier alpha value is -3.52. The van der Waals surface area contributed by atoms with Crippen LogP contribution in [0.1, 0.15) is 36.5 Å². The van der Waals surface area contributed by atoms with E-state index in [1.54, 1.807) is 12.4 Å². The first-order chi connectivity index (χ1) is 15.0. The second kappa shape index (κ2) is 10.5. The lowest BCUT2D eigenvalue weighted by Crippen LogP contribution is -2.30. The summed E-state index contributed by atoms with van der Waals surface area (Å²) in [5.74, 6) is -1.28. The van der Waals surface area contributed by atoms with Crippen LogP contribution in [0.4, 0.5) is 21.7 Å². The van der Waals surface area contributed by atoms with Crippen molar-refractivity contribution in [2.45, 2.75) is 32.2 Å². The normalized spacial score (nSPS) is 11.7. The number of unbranched alkanes of at least 4 members (excludes halogenated alkanes) is 1. The Morgan fingerprint density at radius 2 is 1.90 bits per heavy atom. The molecule has 1 atom stereocenters. The second-order valence-corrected chi connectivity index (χ2v) is 7.25. The van der Waals surface area contributed by atoms with Gasteiger partial charge in [-0.1, -0.05) is 50.1 Å². The third kappa shape index (κ3) is 5.76. The minimum absolute atomic E-state index is 0.0197. The third-order valence-electron chi connectivity index (χ3n) is 4.88. The minimum atomic E-state index is -0.783. The van der Waals surface area contributed by atoms with Crippen molar-refractivity contribution in [3.8, 4) is 11.1 Å². The number of aromatic nitrogens is 2. The number of hydrogen-bond donors (Lipinski definition) is 4. The van der Waals surface area contributed by atoms with Crippen LogP contribution in [-0.4, -0.2) is 28.5 Å². The predicted molar refractivity (Wildman–Crippen MR) is 122 cm³/mol. The molecule has 0 saturated carbocycles. The Kier molecular flexibility index (Phi) is 7.50. The lowest BCUT2D eigenvalue weighted by Gasteiger charge is -2.19. The molecule has 0 spiro atoms. The van der Waals surface area contributed by atoms with Crippen molar-refractivity contribution in [1.82, 2.24) is 9.97 Å². The maximum Gasteiger partial charge on any atom is 0.252 e. The summed E-state index contributed by atoms with van der Waals surface area (Å²) in [7, 11) is 0. The number of anilines is 3. The molecule has 0 bridgehead atoms. The van der Waals surface area contributed by atoms with Crippen LogP contribution in [0, 0.1) is 5.82 Å². The Bertz CT molecular complexity index is 1030. The molecule has 0 aliphatic carbocycles. The summed E-state index contributed by atoms with van der Waals surface area (Å²) in [5.41, 5.74) is 13.7. The zero-order chi connectivity index (χ0) is 22.2. The van der Waals surface area contributed by atoms with Gasteiger partial charge in [-0.15, -0.1) is 0 Å². The number of carbonyl (C=O) groups excluding carboxylic acids is 1. The summed E-state index contributed by atoms with van der Waals surface area (Å²) in [5, 5.41) is 6.10. The van der Waals surface area contributed by atoms with Gasteiger partial charge in [0.25, 0.3) is 5.91 Å². The number of benzene rings is 1. The topological polar surface area (TPSA) is 119 Å². The van der Waals surface area contributed by atoms with E-state index in [0.29, 0.717) is 12.2 Å². The molecule has 0 aliphatic rings. The fourth-order valence-corrected chi connectivity index (χ4v) is 3.20. The number of amides is 1. The molecule has 0 saturated heterocycles. The van der Waals surface area contributed by atoms with E-state index >= 15 is 0 Å². The summed E-state index contributed by atoms with van der Waals surface area (Å²) < 4.78 is 14.6. The maximum absolute atomic E-state index is 14.6. The third-order valence-corrected chi connectivity index (χ3v) is 4.88. The van der Waals surface area contributed by atoms with Crippen molar-refractivity contribution in [2.75, 3.05) is 17.2 Å². The summed E-state index contributed by atoms with van der Waals surface area (Å²) in [6.07, 6.45) is 6.09. The van der Waals surface area contributed by atoms with Crippen LogP contribution in [0.3, 0.4) is 0 Å². The molecule has 2 aromatic heterocycles. The molecule has 6 N–H and O–H groups in total. The van der Waals surface area contributed by atoms with E-state index in [4.69, 9.17) is 11.5 Å². The van der Waals surface area contributed by atoms with Gasteiger partial charge in [-0.2, -0.15) is 0 Å². The van der Waals surface area contributed by atoms with Crippen LogP contribution in [0.25, 0.3) is 11.1 Å². The van der Waals surface area contributed by atoms with Crippen LogP contribution in [0.5, 0.6) is 0 Å². The number of rotatable bonds is 10. The number of pyridine rings is 2. The molecule has 1 amide bonds. The molecular weight excluding hydrogens is 395 g/mol. The minimum Gasteiger partial charge on any atom is -0.365 e. The molecule has 162 valence electrons. The Balaban J connectivity index is 1.91. The molecule has 1 aromatic carbocycles. The molecule has 0 aliphatic heterocycles. The molecular formula is C23H27FN6O. The van der Waals surface area contributed by atoms with Crippen LogP contribution in [0.2, 0.25) is 0 Å². The molecule has 1 unspecified atom stereocenters. The quantitative estimate of drug-likeness (QED) is 0.391. The predicted octanol–water partition coefficient (Wildman–Crippen LogP) is 4.05. The summed E-state index contributed by atoms with van der Waals surface area (Å²) in [4.78, 5) is 20.5. The summed E-state index contributed by atoms with van der Waals surface area (Å²) in [6.45, 7) is 2.41. The number of nitrogens with one attached hydrogen (secondary N) is 2. The highest BCUT2D eigenvalue weighted by atomic mass is 19.1. The van der Waals surface area contributed by atoms with Gasteiger partial charge in [-0.05, 0) is 24.1 Å². The van der Waals surface area contributed by atoms with Crippen molar-refractivity contribution in [1.29, 1.82) is 0 Å². The number of hydrogen-bond acceptors (Lipinski definition) is 6. The molecule has 8 heteroatoms. The largest absolute Gasteiger partial charge is 0.365 e. The van der Waals surface area contributed by atoms with Crippen LogP contribution >= 0.6 is 0 Å². The van der Waals surface area contributed by atoms with Gasteiger partial charge >= 0.3 is 0 Å². The van der Waals surface area contributed by atoms with E-state index in [9.17, 15) is 9.18 Å².